The first-order valence-corrected chi connectivity index (χ1v) is 10.1. The fraction of sp³-hybridized carbons (Fsp3) is 0.471. The molecule has 2 heterocycles. The van der Waals surface area contributed by atoms with E-state index in [1.165, 1.54) is 22.2 Å². The maximum absolute atomic E-state index is 12.3. The van der Waals surface area contributed by atoms with Crippen molar-refractivity contribution in [3.8, 4) is 0 Å². The van der Waals surface area contributed by atoms with Gasteiger partial charge < -0.3 is 9.72 Å². The van der Waals surface area contributed by atoms with Crippen molar-refractivity contribution in [2.24, 2.45) is 0 Å². The van der Waals surface area contributed by atoms with Crippen molar-refractivity contribution in [2.45, 2.75) is 38.4 Å². The summed E-state index contributed by atoms with van der Waals surface area (Å²) in [7, 11) is 0. The summed E-state index contributed by atoms with van der Waals surface area (Å²) in [6.45, 7) is 2.34. The molecule has 1 aliphatic carbocycles. The standard InChI is InChI=1S/C17H20N2O3S2/c1-2-3-4-8-22-14(20)10-23-9-13-18-16(21)15-11-6-5-7-12(11)24-17(15)19-13/h3-4H,2,5-10H2,1H3,(H,18,19,21)/b4-3+. The van der Waals surface area contributed by atoms with Crippen molar-refractivity contribution >= 4 is 39.3 Å². The summed E-state index contributed by atoms with van der Waals surface area (Å²) < 4.78 is 5.08. The lowest BCUT2D eigenvalue weighted by Gasteiger charge is -2.03. The lowest BCUT2D eigenvalue weighted by atomic mass is 10.2. The molecule has 24 heavy (non-hydrogen) atoms. The highest BCUT2D eigenvalue weighted by atomic mass is 32.2. The van der Waals surface area contributed by atoms with Crippen molar-refractivity contribution in [2.75, 3.05) is 12.4 Å². The number of hydrogen-bond acceptors (Lipinski definition) is 6. The number of ether oxygens (including phenoxy) is 1. The molecule has 0 aliphatic heterocycles. The van der Waals surface area contributed by atoms with E-state index in [0.717, 1.165) is 35.9 Å². The van der Waals surface area contributed by atoms with E-state index < -0.39 is 0 Å². The van der Waals surface area contributed by atoms with Crippen LogP contribution in [0.5, 0.6) is 0 Å². The van der Waals surface area contributed by atoms with Gasteiger partial charge in [-0.15, -0.1) is 23.1 Å². The summed E-state index contributed by atoms with van der Waals surface area (Å²) >= 11 is 3.03. The molecule has 0 unspecified atom stereocenters. The molecule has 7 heteroatoms. The molecule has 0 bridgehead atoms. The Kier molecular flexibility index (Phi) is 5.73. The fourth-order valence-electron chi connectivity index (χ4n) is 2.76. The minimum atomic E-state index is -0.251. The summed E-state index contributed by atoms with van der Waals surface area (Å²) in [4.78, 5) is 33.5. The van der Waals surface area contributed by atoms with E-state index in [-0.39, 0.29) is 17.3 Å². The second-order valence-electron chi connectivity index (χ2n) is 5.61. The molecule has 0 fully saturated rings. The van der Waals surface area contributed by atoms with Crippen LogP contribution in [0.2, 0.25) is 0 Å². The number of aromatic nitrogens is 2. The van der Waals surface area contributed by atoms with Crippen LogP contribution in [-0.2, 0) is 28.1 Å². The number of carbonyl (C=O) groups excluding carboxylic acids is 1. The Morgan fingerprint density at radius 2 is 2.29 bits per heavy atom. The first-order chi connectivity index (χ1) is 11.7. The number of hydrogen-bond donors (Lipinski definition) is 1. The van der Waals surface area contributed by atoms with Gasteiger partial charge in [0.05, 0.1) is 16.9 Å². The van der Waals surface area contributed by atoms with Crippen LogP contribution < -0.4 is 5.56 Å². The molecule has 0 spiro atoms. The number of H-pyrrole nitrogens is 1. The van der Waals surface area contributed by atoms with Crippen LogP contribution in [0.3, 0.4) is 0 Å². The first-order valence-electron chi connectivity index (χ1n) is 8.11. The molecule has 0 radical (unpaired) electrons. The summed E-state index contributed by atoms with van der Waals surface area (Å²) in [5.74, 6) is 1.12. The van der Waals surface area contributed by atoms with E-state index in [9.17, 15) is 9.59 Å². The topological polar surface area (TPSA) is 72.0 Å². The minimum absolute atomic E-state index is 0.0534. The van der Waals surface area contributed by atoms with Gasteiger partial charge in [-0.2, -0.15) is 0 Å². The van der Waals surface area contributed by atoms with Crippen molar-refractivity contribution in [3.05, 3.63) is 38.8 Å². The summed E-state index contributed by atoms with van der Waals surface area (Å²) in [5, 5.41) is 0.767. The van der Waals surface area contributed by atoms with E-state index in [2.05, 4.69) is 9.97 Å². The number of aryl methyl sites for hydroxylation is 2. The Hall–Kier alpha value is -1.60. The van der Waals surface area contributed by atoms with Gasteiger partial charge in [0, 0.05) is 4.88 Å². The monoisotopic (exact) mass is 364 g/mol. The van der Waals surface area contributed by atoms with Crippen LogP contribution in [0.15, 0.2) is 16.9 Å². The molecule has 1 N–H and O–H groups in total. The van der Waals surface area contributed by atoms with Gasteiger partial charge in [0.1, 0.15) is 17.3 Å². The second kappa shape index (κ2) is 7.98. The van der Waals surface area contributed by atoms with Gasteiger partial charge in [-0.3, -0.25) is 9.59 Å². The number of aromatic amines is 1. The zero-order chi connectivity index (χ0) is 16.9. The predicted octanol–water partition coefficient (Wildman–Crippen LogP) is 3.22. The maximum Gasteiger partial charge on any atom is 0.316 e. The smallest absolute Gasteiger partial charge is 0.316 e. The third kappa shape index (κ3) is 3.89. The largest absolute Gasteiger partial charge is 0.461 e. The number of fused-ring (bicyclic) bond motifs is 3. The number of thiophene rings is 1. The predicted molar refractivity (Wildman–Crippen MR) is 98.8 cm³/mol. The van der Waals surface area contributed by atoms with Crippen molar-refractivity contribution in [3.63, 3.8) is 0 Å². The van der Waals surface area contributed by atoms with Crippen LogP contribution in [0.25, 0.3) is 10.2 Å². The molecular weight excluding hydrogens is 344 g/mol. The molecule has 0 saturated heterocycles. The van der Waals surface area contributed by atoms with Gasteiger partial charge in [-0.05, 0) is 31.2 Å². The zero-order valence-corrected chi connectivity index (χ0v) is 15.2. The van der Waals surface area contributed by atoms with Gasteiger partial charge >= 0.3 is 5.97 Å². The Morgan fingerprint density at radius 1 is 1.42 bits per heavy atom. The molecule has 128 valence electrons. The second-order valence-corrected chi connectivity index (χ2v) is 7.67. The van der Waals surface area contributed by atoms with E-state index in [1.807, 2.05) is 19.1 Å². The molecule has 0 aromatic carbocycles. The van der Waals surface area contributed by atoms with Gasteiger partial charge in [0.25, 0.3) is 5.56 Å². The maximum atomic E-state index is 12.3. The number of rotatable bonds is 7. The Bertz CT molecular complexity index is 823. The number of carbonyl (C=O) groups is 1. The molecule has 0 saturated carbocycles. The molecule has 0 amide bonds. The highest BCUT2D eigenvalue weighted by molar-refractivity contribution is 7.99. The highest BCUT2D eigenvalue weighted by Crippen LogP contribution is 2.34. The third-order valence-electron chi connectivity index (χ3n) is 3.83. The average molecular weight is 364 g/mol. The number of nitrogens with zero attached hydrogens (tertiary/aromatic N) is 1. The van der Waals surface area contributed by atoms with Gasteiger partial charge in [0.2, 0.25) is 0 Å². The van der Waals surface area contributed by atoms with Gasteiger partial charge in [-0.25, -0.2) is 4.98 Å². The van der Waals surface area contributed by atoms with Gasteiger partial charge in [0.15, 0.2) is 0 Å². The number of nitrogens with one attached hydrogen (secondary N) is 1. The molecule has 3 rings (SSSR count). The first kappa shape index (κ1) is 17.2. The Labute approximate surface area is 148 Å². The van der Waals surface area contributed by atoms with E-state index in [4.69, 9.17) is 4.74 Å². The normalized spacial score (nSPS) is 13.7. The zero-order valence-electron chi connectivity index (χ0n) is 13.6. The molecule has 1 aliphatic rings. The van der Waals surface area contributed by atoms with Crippen molar-refractivity contribution in [1.29, 1.82) is 0 Å². The van der Waals surface area contributed by atoms with Crippen LogP contribution in [0.1, 0.15) is 36.0 Å². The van der Waals surface area contributed by atoms with Crippen molar-refractivity contribution in [1.82, 2.24) is 9.97 Å². The number of esters is 1. The summed E-state index contributed by atoms with van der Waals surface area (Å²) in [5.41, 5.74) is 1.13. The Morgan fingerprint density at radius 3 is 3.12 bits per heavy atom. The number of allylic oxidation sites excluding steroid dienone is 1. The molecule has 2 aromatic rings. The SMILES string of the molecule is CC/C=C/COC(=O)CSCc1nc2sc3c(c2c(=O)[nH]1)CCC3. The quantitative estimate of drug-likeness (QED) is 0.603. The van der Waals surface area contributed by atoms with E-state index >= 15 is 0 Å². The lowest BCUT2D eigenvalue weighted by molar-refractivity contribution is -0.139. The number of thioether (sulfide) groups is 1. The Balaban J connectivity index is 1.57. The highest BCUT2D eigenvalue weighted by Gasteiger charge is 2.21. The molecule has 5 nitrogen and oxygen atoms in total. The van der Waals surface area contributed by atoms with Crippen molar-refractivity contribution < 1.29 is 9.53 Å². The van der Waals surface area contributed by atoms with Crippen LogP contribution >= 0.6 is 23.1 Å². The van der Waals surface area contributed by atoms with Crippen LogP contribution in [0.4, 0.5) is 0 Å². The molecule has 2 aromatic heterocycles. The molecular formula is C17H20N2O3S2. The van der Waals surface area contributed by atoms with Crippen LogP contribution in [0, 0.1) is 0 Å². The fourth-order valence-corrected chi connectivity index (χ4v) is 4.73. The van der Waals surface area contributed by atoms with Gasteiger partial charge in [-0.1, -0.05) is 19.1 Å². The average Bonchev–Trinajstić information content (AvgIpc) is 3.12. The van der Waals surface area contributed by atoms with Crippen LogP contribution in [-0.4, -0.2) is 28.3 Å². The lowest BCUT2D eigenvalue weighted by Crippen LogP contribution is -2.12. The summed E-state index contributed by atoms with van der Waals surface area (Å²) in [6, 6.07) is 0. The third-order valence-corrected chi connectivity index (χ3v) is 5.93. The van der Waals surface area contributed by atoms with E-state index in [1.54, 1.807) is 11.3 Å². The minimum Gasteiger partial charge on any atom is -0.461 e. The summed E-state index contributed by atoms with van der Waals surface area (Å²) in [6.07, 6.45) is 7.89. The van der Waals surface area contributed by atoms with E-state index in [0.29, 0.717) is 18.2 Å². The molecule has 0 atom stereocenters.